The monoisotopic (exact) mass is 302 g/mol. The number of hydrogen-bond acceptors (Lipinski definition) is 6. The molecule has 1 aromatic heterocycles. The van der Waals surface area contributed by atoms with Crippen LogP contribution >= 0.6 is 0 Å². The number of anilines is 2. The average molecular weight is 302 g/mol. The highest BCUT2D eigenvalue weighted by Gasteiger charge is 2.46. The third-order valence-electron chi connectivity index (χ3n) is 3.85. The van der Waals surface area contributed by atoms with E-state index in [0.29, 0.717) is 17.8 Å². The molecule has 0 aliphatic heterocycles. The maximum absolute atomic E-state index is 12.4. The van der Waals surface area contributed by atoms with Crippen molar-refractivity contribution in [3.8, 4) is 6.07 Å². The fourth-order valence-corrected chi connectivity index (χ4v) is 2.45. The SMILES string of the molecule is CC(C)(C)OC(=O)C1(CNc2ccnc(N)c2C#N)CCC1. The summed E-state index contributed by atoms with van der Waals surface area (Å²) in [5.74, 6) is 0.00622. The number of nitrogens with zero attached hydrogens (tertiary/aromatic N) is 2. The fraction of sp³-hybridized carbons (Fsp3) is 0.562. The molecule has 1 heterocycles. The standard InChI is InChI=1S/C16H22N4O2/c1-15(2,3)22-14(21)16(6-4-7-16)10-20-12-5-8-19-13(18)11(12)9-17/h5,8H,4,6-7,10H2,1-3H3,(H3,18,19,20). The second-order valence-corrected chi connectivity index (χ2v) is 6.72. The van der Waals surface area contributed by atoms with Crippen molar-refractivity contribution in [3.63, 3.8) is 0 Å². The molecule has 0 bridgehead atoms. The molecule has 3 N–H and O–H groups in total. The number of hydrogen-bond donors (Lipinski definition) is 2. The minimum absolute atomic E-state index is 0.181. The Morgan fingerprint density at radius 3 is 2.73 bits per heavy atom. The number of ether oxygens (including phenoxy) is 1. The first-order valence-corrected chi connectivity index (χ1v) is 7.39. The van der Waals surface area contributed by atoms with Crippen LogP contribution in [-0.4, -0.2) is 23.1 Å². The van der Waals surface area contributed by atoms with Gasteiger partial charge in [-0.05, 0) is 39.7 Å². The summed E-state index contributed by atoms with van der Waals surface area (Å²) in [4.78, 5) is 16.3. The number of nitrogens with two attached hydrogens (primary N) is 1. The van der Waals surface area contributed by atoms with Crippen LogP contribution in [0.25, 0.3) is 0 Å². The van der Waals surface area contributed by atoms with Crippen molar-refractivity contribution >= 4 is 17.5 Å². The van der Waals surface area contributed by atoms with E-state index >= 15 is 0 Å². The third kappa shape index (κ3) is 3.30. The number of carbonyl (C=O) groups is 1. The predicted octanol–water partition coefficient (Wildman–Crippen LogP) is 2.46. The number of nitrogen functional groups attached to an aromatic ring is 1. The highest BCUT2D eigenvalue weighted by molar-refractivity contribution is 5.79. The molecule has 1 aliphatic carbocycles. The minimum atomic E-state index is -0.516. The zero-order chi connectivity index (χ0) is 16.4. The Kier molecular flexibility index (Phi) is 4.27. The number of nitriles is 1. The topological polar surface area (TPSA) is 101 Å². The van der Waals surface area contributed by atoms with Crippen LogP contribution in [0.15, 0.2) is 12.3 Å². The third-order valence-corrected chi connectivity index (χ3v) is 3.85. The van der Waals surface area contributed by atoms with Gasteiger partial charge in [0.1, 0.15) is 23.1 Å². The number of carbonyl (C=O) groups excluding carboxylic acids is 1. The van der Waals surface area contributed by atoms with Crippen LogP contribution in [0.4, 0.5) is 11.5 Å². The van der Waals surface area contributed by atoms with E-state index in [9.17, 15) is 4.79 Å². The molecular formula is C16H22N4O2. The molecule has 0 unspecified atom stereocenters. The largest absolute Gasteiger partial charge is 0.459 e. The normalized spacial score (nSPS) is 16.3. The Morgan fingerprint density at radius 1 is 1.55 bits per heavy atom. The first-order valence-electron chi connectivity index (χ1n) is 7.39. The molecule has 0 amide bonds. The van der Waals surface area contributed by atoms with Crippen LogP contribution in [-0.2, 0) is 9.53 Å². The fourth-order valence-electron chi connectivity index (χ4n) is 2.45. The first kappa shape index (κ1) is 16.1. The molecule has 2 rings (SSSR count). The highest BCUT2D eigenvalue weighted by atomic mass is 16.6. The summed E-state index contributed by atoms with van der Waals surface area (Å²) in [6.45, 7) is 6.02. The van der Waals surface area contributed by atoms with Gasteiger partial charge in [-0.25, -0.2) is 4.98 Å². The van der Waals surface area contributed by atoms with Crippen LogP contribution in [0.2, 0.25) is 0 Å². The molecule has 6 heteroatoms. The van der Waals surface area contributed by atoms with E-state index in [4.69, 9.17) is 15.7 Å². The van der Waals surface area contributed by atoms with E-state index in [1.165, 1.54) is 0 Å². The molecule has 0 saturated heterocycles. The Hall–Kier alpha value is -2.29. The summed E-state index contributed by atoms with van der Waals surface area (Å²) in [5.41, 5.74) is 5.59. The molecule has 1 fully saturated rings. The van der Waals surface area contributed by atoms with Gasteiger partial charge in [0.25, 0.3) is 0 Å². The molecule has 0 radical (unpaired) electrons. The Balaban J connectivity index is 2.11. The lowest BCUT2D eigenvalue weighted by Crippen LogP contribution is -2.47. The number of nitrogens with one attached hydrogen (secondary N) is 1. The van der Waals surface area contributed by atoms with Crippen molar-refractivity contribution in [1.82, 2.24) is 4.98 Å². The van der Waals surface area contributed by atoms with Crippen molar-refractivity contribution in [2.24, 2.45) is 5.41 Å². The van der Waals surface area contributed by atoms with Crippen molar-refractivity contribution in [2.75, 3.05) is 17.6 Å². The van der Waals surface area contributed by atoms with E-state index in [1.54, 1.807) is 12.3 Å². The highest BCUT2D eigenvalue weighted by Crippen LogP contribution is 2.43. The Morgan fingerprint density at radius 2 is 2.23 bits per heavy atom. The maximum Gasteiger partial charge on any atom is 0.314 e. The van der Waals surface area contributed by atoms with Gasteiger partial charge in [-0.15, -0.1) is 0 Å². The summed E-state index contributed by atoms with van der Waals surface area (Å²) in [6, 6.07) is 3.73. The van der Waals surface area contributed by atoms with Crippen LogP contribution in [0.1, 0.15) is 45.6 Å². The smallest absolute Gasteiger partial charge is 0.314 e. The van der Waals surface area contributed by atoms with E-state index in [2.05, 4.69) is 10.3 Å². The lowest BCUT2D eigenvalue weighted by atomic mass is 9.68. The van der Waals surface area contributed by atoms with E-state index < -0.39 is 11.0 Å². The minimum Gasteiger partial charge on any atom is -0.459 e. The zero-order valence-corrected chi connectivity index (χ0v) is 13.3. The quantitative estimate of drug-likeness (QED) is 0.828. The lowest BCUT2D eigenvalue weighted by molar-refractivity contribution is -0.172. The van der Waals surface area contributed by atoms with Crippen molar-refractivity contribution < 1.29 is 9.53 Å². The number of aromatic nitrogens is 1. The van der Waals surface area contributed by atoms with Gasteiger partial charge >= 0.3 is 5.97 Å². The van der Waals surface area contributed by atoms with Gasteiger partial charge in [0.05, 0.1) is 11.1 Å². The molecule has 22 heavy (non-hydrogen) atoms. The second kappa shape index (κ2) is 5.84. The van der Waals surface area contributed by atoms with Gasteiger partial charge in [-0.2, -0.15) is 5.26 Å². The maximum atomic E-state index is 12.4. The lowest BCUT2D eigenvalue weighted by Gasteiger charge is -2.41. The molecule has 6 nitrogen and oxygen atoms in total. The first-order chi connectivity index (χ1) is 10.3. The molecule has 118 valence electrons. The van der Waals surface area contributed by atoms with Gasteiger partial charge < -0.3 is 15.8 Å². The van der Waals surface area contributed by atoms with Crippen molar-refractivity contribution in [1.29, 1.82) is 5.26 Å². The molecule has 1 aliphatic rings. The van der Waals surface area contributed by atoms with Crippen molar-refractivity contribution in [2.45, 2.75) is 45.6 Å². The van der Waals surface area contributed by atoms with E-state index in [0.717, 1.165) is 19.3 Å². The Bertz CT molecular complexity index is 610. The molecule has 0 aromatic carbocycles. The molecule has 0 spiro atoms. The summed E-state index contributed by atoms with van der Waals surface area (Å²) < 4.78 is 5.53. The predicted molar refractivity (Wildman–Crippen MR) is 84.0 cm³/mol. The summed E-state index contributed by atoms with van der Waals surface area (Å²) in [6.07, 6.45) is 4.12. The molecular weight excluding hydrogens is 280 g/mol. The van der Waals surface area contributed by atoms with Crippen LogP contribution in [0.5, 0.6) is 0 Å². The van der Waals surface area contributed by atoms with E-state index in [-0.39, 0.29) is 11.8 Å². The summed E-state index contributed by atoms with van der Waals surface area (Å²) in [7, 11) is 0. The van der Waals surface area contributed by atoms with Crippen molar-refractivity contribution in [3.05, 3.63) is 17.8 Å². The van der Waals surface area contributed by atoms with E-state index in [1.807, 2.05) is 26.8 Å². The zero-order valence-electron chi connectivity index (χ0n) is 13.3. The van der Waals surface area contributed by atoms with Gasteiger partial charge in [-0.3, -0.25) is 4.79 Å². The number of rotatable bonds is 4. The van der Waals surface area contributed by atoms with Gasteiger partial charge in [0, 0.05) is 12.7 Å². The van der Waals surface area contributed by atoms with Gasteiger partial charge in [-0.1, -0.05) is 6.42 Å². The molecule has 1 saturated carbocycles. The van der Waals surface area contributed by atoms with Crippen LogP contribution in [0.3, 0.4) is 0 Å². The molecule has 1 aromatic rings. The molecule has 0 atom stereocenters. The number of pyridine rings is 1. The summed E-state index contributed by atoms with van der Waals surface area (Å²) in [5, 5.41) is 12.3. The average Bonchev–Trinajstić information content (AvgIpc) is 2.35. The second-order valence-electron chi connectivity index (χ2n) is 6.72. The number of esters is 1. The van der Waals surface area contributed by atoms with Gasteiger partial charge in [0.2, 0.25) is 0 Å². The Labute approximate surface area is 130 Å². The summed E-state index contributed by atoms with van der Waals surface area (Å²) >= 11 is 0. The van der Waals surface area contributed by atoms with Crippen LogP contribution < -0.4 is 11.1 Å². The van der Waals surface area contributed by atoms with Gasteiger partial charge in [0.15, 0.2) is 0 Å². The van der Waals surface area contributed by atoms with Crippen LogP contribution in [0, 0.1) is 16.7 Å².